The molecule has 0 bridgehead atoms. The van der Waals surface area contributed by atoms with Gasteiger partial charge in [0.15, 0.2) is 5.78 Å². The van der Waals surface area contributed by atoms with Crippen molar-refractivity contribution in [2.45, 2.75) is 6.42 Å². The lowest BCUT2D eigenvalue weighted by atomic mass is 10.1. The Morgan fingerprint density at radius 2 is 2.25 bits per heavy atom. The zero-order valence-corrected chi connectivity index (χ0v) is 7.93. The van der Waals surface area contributed by atoms with Crippen LogP contribution >= 0.6 is 15.9 Å². The van der Waals surface area contributed by atoms with Gasteiger partial charge in [0.2, 0.25) is 0 Å². The van der Waals surface area contributed by atoms with Crippen molar-refractivity contribution in [2.24, 2.45) is 0 Å². The van der Waals surface area contributed by atoms with Gasteiger partial charge in [-0.3, -0.25) is 4.79 Å². The molecule has 0 aromatic heterocycles. The molecule has 0 saturated carbocycles. The number of ketones is 1. The molecule has 3 heteroatoms. The van der Waals surface area contributed by atoms with E-state index in [-0.39, 0.29) is 12.4 Å². The van der Waals surface area contributed by atoms with E-state index in [9.17, 15) is 4.79 Å². The highest BCUT2D eigenvalue weighted by atomic mass is 79.9. The van der Waals surface area contributed by atoms with Crippen LogP contribution in [0.25, 0.3) is 0 Å². The molecule has 12 heavy (non-hydrogen) atoms. The van der Waals surface area contributed by atoms with Gasteiger partial charge in [-0.2, -0.15) is 0 Å². The molecule has 62 valence electrons. The average molecular weight is 227 g/mol. The minimum Gasteiger partial charge on any atom is -0.484 e. The smallest absolute Gasteiger partial charge is 0.174 e. The fraction of sp³-hybridized carbons (Fsp3) is 0.222. The van der Waals surface area contributed by atoms with Gasteiger partial charge in [0.25, 0.3) is 0 Å². The van der Waals surface area contributed by atoms with Gasteiger partial charge in [-0.05, 0) is 22.0 Å². The Balaban J connectivity index is 2.48. The molecule has 0 saturated heterocycles. The van der Waals surface area contributed by atoms with Crippen LogP contribution < -0.4 is 4.74 Å². The second kappa shape index (κ2) is 2.90. The monoisotopic (exact) mass is 226 g/mol. The third-order valence-corrected chi connectivity index (χ3v) is 2.44. The van der Waals surface area contributed by atoms with E-state index >= 15 is 0 Å². The Morgan fingerprint density at radius 3 is 3.08 bits per heavy atom. The van der Waals surface area contributed by atoms with Crippen LogP contribution in [0.15, 0.2) is 22.7 Å². The summed E-state index contributed by atoms with van der Waals surface area (Å²) in [6.45, 7) is 0.204. The van der Waals surface area contributed by atoms with E-state index in [0.29, 0.717) is 6.42 Å². The van der Waals surface area contributed by atoms with Crippen molar-refractivity contribution in [3.63, 3.8) is 0 Å². The summed E-state index contributed by atoms with van der Waals surface area (Å²) in [5.74, 6) is 0.956. The lowest BCUT2D eigenvalue weighted by Gasteiger charge is -2.16. The molecule has 2 nitrogen and oxygen atoms in total. The molecule has 0 unspecified atom stereocenters. The van der Waals surface area contributed by atoms with Gasteiger partial charge in [0.1, 0.15) is 12.4 Å². The van der Waals surface area contributed by atoms with Crippen molar-refractivity contribution >= 4 is 21.7 Å². The number of carbonyl (C=O) groups excluding carboxylic acids is 1. The molecule has 1 aromatic carbocycles. The molecule has 2 rings (SSSR count). The minimum atomic E-state index is 0.139. The van der Waals surface area contributed by atoms with Crippen LogP contribution in [0.3, 0.4) is 0 Å². The zero-order chi connectivity index (χ0) is 8.55. The second-order valence-corrected chi connectivity index (χ2v) is 3.59. The number of fused-ring (bicyclic) bond motifs is 1. The van der Waals surface area contributed by atoms with Gasteiger partial charge in [0, 0.05) is 12.0 Å². The van der Waals surface area contributed by atoms with Gasteiger partial charge < -0.3 is 4.74 Å². The van der Waals surface area contributed by atoms with Gasteiger partial charge in [0.05, 0.1) is 4.47 Å². The van der Waals surface area contributed by atoms with Crippen LogP contribution in [-0.4, -0.2) is 12.4 Å². The molecule has 0 radical (unpaired) electrons. The first-order chi connectivity index (χ1) is 5.77. The molecule has 0 aliphatic carbocycles. The van der Waals surface area contributed by atoms with Gasteiger partial charge >= 0.3 is 0 Å². The molecule has 1 aromatic rings. The second-order valence-electron chi connectivity index (χ2n) is 2.73. The normalized spacial score (nSPS) is 15.2. The number of para-hydroxylation sites is 1. The van der Waals surface area contributed by atoms with E-state index in [4.69, 9.17) is 4.74 Å². The molecule has 0 spiro atoms. The van der Waals surface area contributed by atoms with E-state index in [1.54, 1.807) is 0 Å². The molecule has 0 atom stereocenters. The van der Waals surface area contributed by atoms with Gasteiger partial charge in [-0.25, -0.2) is 0 Å². The first-order valence-electron chi connectivity index (χ1n) is 3.69. The van der Waals surface area contributed by atoms with Crippen LogP contribution in [0.5, 0.6) is 5.75 Å². The van der Waals surface area contributed by atoms with E-state index < -0.39 is 0 Å². The number of benzene rings is 1. The summed E-state index contributed by atoms with van der Waals surface area (Å²) < 4.78 is 6.19. The van der Waals surface area contributed by atoms with Gasteiger partial charge in [-0.1, -0.05) is 12.1 Å². The third kappa shape index (κ3) is 1.25. The fourth-order valence-corrected chi connectivity index (χ4v) is 1.79. The van der Waals surface area contributed by atoms with Crippen LogP contribution in [-0.2, 0) is 11.2 Å². The summed E-state index contributed by atoms with van der Waals surface area (Å²) >= 11 is 3.37. The maximum absolute atomic E-state index is 11.0. The quantitative estimate of drug-likeness (QED) is 0.677. The summed E-state index contributed by atoms with van der Waals surface area (Å²) in [5.41, 5.74) is 0.973. The van der Waals surface area contributed by atoms with E-state index in [1.807, 2.05) is 18.2 Å². The predicted molar refractivity (Wildman–Crippen MR) is 48.3 cm³/mol. The number of rotatable bonds is 0. The fourth-order valence-electron chi connectivity index (χ4n) is 1.27. The Hall–Kier alpha value is -0.830. The minimum absolute atomic E-state index is 0.139. The maximum Gasteiger partial charge on any atom is 0.174 e. The van der Waals surface area contributed by atoms with Crippen molar-refractivity contribution in [1.82, 2.24) is 0 Å². The Bertz CT molecular complexity index is 333. The largest absolute Gasteiger partial charge is 0.484 e. The summed E-state index contributed by atoms with van der Waals surface area (Å²) in [7, 11) is 0. The molecule has 1 heterocycles. The highest BCUT2D eigenvalue weighted by Gasteiger charge is 2.17. The van der Waals surface area contributed by atoms with E-state index in [1.165, 1.54) is 0 Å². The summed E-state index contributed by atoms with van der Waals surface area (Å²) in [6.07, 6.45) is 0.495. The topological polar surface area (TPSA) is 26.3 Å². The Morgan fingerprint density at radius 1 is 1.42 bits per heavy atom. The van der Waals surface area contributed by atoms with Crippen molar-refractivity contribution in [2.75, 3.05) is 6.61 Å². The Labute approximate surface area is 78.7 Å². The highest BCUT2D eigenvalue weighted by Crippen LogP contribution is 2.31. The number of Topliss-reactive ketones (excluding diaryl/α,β-unsaturated/α-hetero) is 1. The summed E-state index contributed by atoms with van der Waals surface area (Å²) in [6, 6.07) is 5.73. The lowest BCUT2D eigenvalue weighted by molar-refractivity contribution is -0.121. The number of halogens is 1. The zero-order valence-electron chi connectivity index (χ0n) is 6.34. The summed E-state index contributed by atoms with van der Waals surface area (Å²) in [5, 5.41) is 0. The first-order valence-corrected chi connectivity index (χ1v) is 4.48. The van der Waals surface area contributed by atoms with Crippen LogP contribution in [0.4, 0.5) is 0 Å². The highest BCUT2D eigenvalue weighted by molar-refractivity contribution is 9.10. The Kier molecular flexibility index (Phi) is 1.89. The van der Waals surface area contributed by atoms with Crippen molar-refractivity contribution in [3.8, 4) is 5.75 Å². The van der Waals surface area contributed by atoms with E-state index in [2.05, 4.69) is 15.9 Å². The van der Waals surface area contributed by atoms with Crippen LogP contribution in [0.2, 0.25) is 0 Å². The standard InChI is InChI=1S/C9H7BrO2/c10-8-3-1-2-6-4-7(11)5-12-9(6)8/h1-3H,4-5H2. The molecule has 1 aliphatic heterocycles. The van der Waals surface area contributed by atoms with Crippen molar-refractivity contribution < 1.29 is 9.53 Å². The number of ether oxygens (including phenoxy) is 1. The number of hydrogen-bond donors (Lipinski definition) is 0. The van der Waals surface area contributed by atoms with Crippen LogP contribution in [0, 0.1) is 0 Å². The number of hydrogen-bond acceptors (Lipinski definition) is 2. The van der Waals surface area contributed by atoms with E-state index in [0.717, 1.165) is 15.8 Å². The van der Waals surface area contributed by atoms with Crippen molar-refractivity contribution in [3.05, 3.63) is 28.2 Å². The van der Waals surface area contributed by atoms with Gasteiger partial charge in [-0.15, -0.1) is 0 Å². The SMILES string of the molecule is O=C1COc2c(Br)cccc2C1. The molecule has 0 fully saturated rings. The summed E-state index contributed by atoms with van der Waals surface area (Å²) in [4.78, 5) is 11.0. The predicted octanol–water partition coefficient (Wildman–Crippen LogP) is 1.95. The maximum atomic E-state index is 11.0. The van der Waals surface area contributed by atoms with Crippen LogP contribution in [0.1, 0.15) is 5.56 Å². The third-order valence-electron chi connectivity index (χ3n) is 1.81. The molecular formula is C9H7BrO2. The molecule has 1 aliphatic rings. The van der Waals surface area contributed by atoms with Crippen molar-refractivity contribution in [1.29, 1.82) is 0 Å². The lowest BCUT2D eigenvalue weighted by Crippen LogP contribution is -2.20. The molecular weight excluding hydrogens is 220 g/mol. The average Bonchev–Trinajstić information content (AvgIpc) is 2.04. The first kappa shape index (κ1) is 7.80. The number of carbonyl (C=O) groups is 1. The molecule has 0 N–H and O–H groups in total. The molecule has 0 amide bonds.